The number of phenolic OH excluding ortho intramolecular Hbond substituents is 1. The van der Waals surface area contributed by atoms with E-state index in [9.17, 15) is 5.11 Å². The van der Waals surface area contributed by atoms with Gasteiger partial charge in [-0.2, -0.15) is 0 Å². The Hall–Kier alpha value is -1.81. The largest absolute Gasteiger partial charge is 0.508 e. The van der Waals surface area contributed by atoms with Crippen molar-refractivity contribution >= 4 is 27.0 Å². The second-order valence-corrected chi connectivity index (χ2v) is 5.66. The molecule has 1 aromatic heterocycles. The summed E-state index contributed by atoms with van der Waals surface area (Å²) in [6.07, 6.45) is 0.764. The molecule has 0 amide bonds. The standard InChI is InChI=1S/C16H15BrN2O/c1-2-19-15-8-5-12(17)10-14(15)18-16(19)9-11-3-6-13(20)7-4-11/h3-8,10,20H,2,9H2,1H3. The van der Waals surface area contributed by atoms with Gasteiger partial charge in [0.05, 0.1) is 11.0 Å². The number of nitrogens with zero attached hydrogens (tertiary/aromatic N) is 2. The predicted molar refractivity (Wildman–Crippen MR) is 84.0 cm³/mol. The van der Waals surface area contributed by atoms with Crippen molar-refractivity contribution in [1.82, 2.24) is 9.55 Å². The van der Waals surface area contributed by atoms with E-state index in [-0.39, 0.29) is 0 Å². The topological polar surface area (TPSA) is 38.0 Å². The molecule has 1 N–H and O–H groups in total. The highest BCUT2D eigenvalue weighted by molar-refractivity contribution is 9.10. The van der Waals surface area contributed by atoms with E-state index >= 15 is 0 Å². The molecule has 2 aromatic carbocycles. The fourth-order valence-electron chi connectivity index (χ4n) is 2.44. The Morgan fingerprint density at radius 1 is 1.15 bits per heavy atom. The van der Waals surface area contributed by atoms with Gasteiger partial charge in [-0.1, -0.05) is 28.1 Å². The van der Waals surface area contributed by atoms with Crippen LogP contribution in [0.2, 0.25) is 0 Å². The molecule has 0 radical (unpaired) electrons. The van der Waals surface area contributed by atoms with Crippen LogP contribution >= 0.6 is 15.9 Å². The molecular formula is C16H15BrN2O. The SMILES string of the molecule is CCn1c(Cc2ccc(O)cc2)nc2cc(Br)ccc21. The number of rotatable bonds is 3. The Bertz CT molecular complexity index is 747. The Labute approximate surface area is 126 Å². The number of aryl methyl sites for hydroxylation is 1. The van der Waals surface area contributed by atoms with Crippen molar-refractivity contribution in [3.8, 4) is 5.75 Å². The Morgan fingerprint density at radius 2 is 1.90 bits per heavy atom. The van der Waals surface area contributed by atoms with Gasteiger partial charge in [0.15, 0.2) is 0 Å². The van der Waals surface area contributed by atoms with E-state index < -0.39 is 0 Å². The summed E-state index contributed by atoms with van der Waals surface area (Å²) in [5.74, 6) is 1.34. The zero-order valence-corrected chi connectivity index (χ0v) is 12.8. The zero-order chi connectivity index (χ0) is 14.1. The third-order valence-electron chi connectivity index (χ3n) is 3.40. The molecule has 20 heavy (non-hydrogen) atoms. The maximum absolute atomic E-state index is 9.34. The number of hydrogen-bond donors (Lipinski definition) is 1. The maximum atomic E-state index is 9.34. The highest BCUT2D eigenvalue weighted by Crippen LogP contribution is 2.22. The Balaban J connectivity index is 2.04. The van der Waals surface area contributed by atoms with Crippen molar-refractivity contribution in [2.24, 2.45) is 0 Å². The van der Waals surface area contributed by atoms with Crippen molar-refractivity contribution in [3.63, 3.8) is 0 Å². The molecule has 3 rings (SSSR count). The van der Waals surface area contributed by atoms with E-state index in [1.54, 1.807) is 12.1 Å². The molecule has 0 unspecified atom stereocenters. The lowest BCUT2D eigenvalue weighted by molar-refractivity contribution is 0.475. The van der Waals surface area contributed by atoms with Gasteiger partial charge in [0.25, 0.3) is 0 Å². The first-order valence-corrected chi connectivity index (χ1v) is 7.39. The average molecular weight is 331 g/mol. The molecule has 3 nitrogen and oxygen atoms in total. The molecule has 0 fully saturated rings. The quantitative estimate of drug-likeness (QED) is 0.784. The lowest BCUT2D eigenvalue weighted by Crippen LogP contribution is -2.02. The van der Waals surface area contributed by atoms with E-state index in [0.29, 0.717) is 5.75 Å². The average Bonchev–Trinajstić information content (AvgIpc) is 2.77. The molecule has 102 valence electrons. The summed E-state index contributed by atoms with van der Waals surface area (Å²) in [4.78, 5) is 4.73. The van der Waals surface area contributed by atoms with E-state index in [4.69, 9.17) is 4.98 Å². The first kappa shape index (κ1) is 13.2. The number of benzene rings is 2. The monoisotopic (exact) mass is 330 g/mol. The highest BCUT2D eigenvalue weighted by atomic mass is 79.9. The van der Waals surface area contributed by atoms with Crippen molar-refractivity contribution < 1.29 is 5.11 Å². The summed E-state index contributed by atoms with van der Waals surface area (Å²) in [6, 6.07) is 13.5. The first-order valence-electron chi connectivity index (χ1n) is 6.60. The Kier molecular flexibility index (Phi) is 3.49. The maximum Gasteiger partial charge on any atom is 0.115 e. The number of aromatic hydroxyl groups is 1. The fraction of sp³-hybridized carbons (Fsp3) is 0.188. The van der Waals surface area contributed by atoms with Gasteiger partial charge in [0.1, 0.15) is 11.6 Å². The van der Waals surface area contributed by atoms with Gasteiger partial charge in [-0.05, 0) is 42.8 Å². The minimum Gasteiger partial charge on any atom is -0.508 e. The van der Waals surface area contributed by atoms with E-state index in [1.165, 1.54) is 0 Å². The minimum absolute atomic E-state index is 0.293. The number of aromatic nitrogens is 2. The number of halogens is 1. The molecule has 4 heteroatoms. The third-order valence-corrected chi connectivity index (χ3v) is 3.90. The second-order valence-electron chi connectivity index (χ2n) is 4.75. The lowest BCUT2D eigenvalue weighted by Gasteiger charge is -2.06. The molecule has 0 bridgehead atoms. The number of phenols is 1. The summed E-state index contributed by atoms with van der Waals surface area (Å²) < 4.78 is 3.27. The molecular weight excluding hydrogens is 316 g/mol. The van der Waals surface area contributed by atoms with Crippen molar-refractivity contribution in [2.75, 3.05) is 0 Å². The number of imidazole rings is 1. The fourth-order valence-corrected chi connectivity index (χ4v) is 2.79. The predicted octanol–water partition coefficient (Wildman–Crippen LogP) is 4.12. The van der Waals surface area contributed by atoms with Gasteiger partial charge in [-0.3, -0.25) is 0 Å². The lowest BCUT2D eigenvalue weighted by atomic mass is 10.1. The smallest absolute Gasteiger partial charge is 0.115 e. The van der Waals surface area contributed by atoms with Crippen molar-refractivity contribution in [1.29, 1.82) is 0 Å². The van der Waals surface area contributed by atoms with Crippen molar-refractivity contribution in [2.45, 2.75) is 19.9 Å². The van der Waals surface area contributed by atoms with Gasteiger partial charge in [0.2, 0.25) is 0 Å². The van der Waals surface area contributed by atoms with Crippen LogP contribution in [-0.2, 0) is 13.0 Å². The van der Waals surface area contributed by atoms with Gasteiger partial charge in [-0.25, -0.2) is 4.98 Å². The molecule has 1 heterocycles. The molecule has 0 saturated heterocycles. The number of fused-ring (bicyclic) bond motifs is 1. The third kappa shape index (κ3) is 2.43. The van der Waals surface area contributed by atoms with Gasteiger partial charge < -0.3 is 9.67 Å². The van der Waals surface area contributed by atoms with E-state index in [0.717, 1.165) is 39.9 Å². The second kappa shape index (κ2) is 5.29. The van der Waals surface area contributed by atoms with Crippen LogP contribution in [0.15, 0.2) is 46.9 Å². The van der Waals surface area contributed by atoms with Crippen LogP contribution in [0.25, 0.3) is 11.0 Å². The van der Waals surface area contributed by atoms with Crippen LogP contribution in [0, 0.1) is 0 Å². The summed E-state index contributed by atoms with van der Waals surface area (Å²) >= 11 is 3.49. The van der Waals surface area contributed by atoms with Crippen LogP contribution in [0.3, 0.4) is 0 Å². The molecule has 0 atom stereocenters. The molecule has 3 aromatic rings. The van der Waals surface area contributed by atoms with Crippen LogP contribution in [0.4, 0.5) is 0 Å². The van der Waals surface area contributed by atoms with E-state index in [1.807, 2.05) is 24.3 Å². The number of hydrogen-bond acceptors (Lipinski definition) is 2. The van der Waals surface area contributed by atoms with Crippen molar-refractivity contribution in [3.05, 3.63) is 58.3 Å². The highest BCUT2D eigenvalue weighted by Gasteiger charge is 2.10. The summed E-state index contributed by atoms with van der Waals surface area (Å²) in [6.45, 7) is 3.02. The molecule has 0 saturated carbocycles. The first-order chi connectivity index (χ1) is 9.67. The van der Waals surface area contributed by atoms with Crippen LogP contribution in [0.1, 0.15) is 18.3 Å². The Morgan fingerprint density at radius 3 is 2.60 bits per heavy atom. The molecule has 0 aliphatic heterocycles. The molecule has 0 aliphatic rings. The molecule has 0 aliphatic carbocycles. The van der Waals surface area contributed by atoms with Crippen LogP contribution in [-0.4, -0.2) is 14.7 Å². The normalized spacial score (nSPS) is 11.1. The minimum atomic E-state index is 0.293. The van der Waals surface area contributed by atoms with Crippen LogP contribution in [0.5, 0.6) is 5.75 Å². The summed E-state index contributed by atoms with van der Waals surface area (Å²) in [5, 5.41) is 9.34. The van der Waals surface area contributed by atoms with Gasteiger partial charge >= 0.3 is 0 Å². The van der Waals surface area contributed by atoms with Gasteiger partial charge in [0, 0.05) is 17.4 Å². The van der Waals surface area contributed by atoms with E-state index in [2.05, 4.69) is 33.5 Å². The molecule has 0 spiro atoms. The summed E-state index contributed by atoms with van der Waals surface area (Å²) in [7, 11) is 0. The summed E-state index contributed by atoms with van der Waals surface area (Å²) in [5.41, 5.74) is 3.31. The van der Waals surface area contributed by atoms with Gasteiger partial charge in [-0.15, -0.1) is 0 Å². The zero-order valence-electron chi connectivity index (χ0n) is 11.2. The van der Waals surface area contributed by atoms with Crippen LogP contribution < -0.4 is 0 Å².